The zero-order valence-corrected chi connectivity index (χ0v) is 24.5. The average Bonchev–Trinajstić information content (AvgIpc) is 3.48. The van der Waals surface area contributed by atoms with Crippen molar-refractivity contribution in [1.29, 1.82) is 0 Å². The third kappa shape index (κ3) is 5.96. The van der Waals surface area contributed by atoms with E-state index in [1.807, 2.05) is 0 Å². The molecular formula is C30H34O16. The molecule has 8 N–H and O–H groups in total. The van der Waals surface area contributed by atoms with E-state index in [0.29, 0.717) is 0 Å². The Hall–Kier alpha value is -4.00. The van der Waals surface area contributed by atoms with Gasteiger partial charge in [-0.05, 0) is 47.0 Å². The highest BCUT2D eigenvalue weighted by Crippen LogP contribution is 2.48. The third-order valence-corrected chi connectivity index (χ3v) is 8.20. The van der Waals surface area contributed by atoms with Crippen LogP contribution < -0.4 is 9.47 Å². The summed E-state index contributed by atoms with van der Waals surface area (Å²) in [5, 5.41) is 81.1. The Balaban J connectivity index is 1.63. The fourth-order valence-electron chi connectivity index (χ4n) is 5.77. The molecule has 0 amide bonds. The van der Waals surface area contributed by atoms with Crippen LogP contribution in [0, 0.1) is 5.92 Å². The van der Waals surface area contributed by atoms with Crippen LogP contribution in [0.3, 0.4) is 0 Å². The third-order valence-electron chi connectivity index (χ3n) is 8.20. The number of aliphatic hydroxyl groups is 6. The predicted octanol–water partition coefficient (Wildman–Crippen LogP) is -1.78. The largest absolute Gasteiger partial charge is 0.504 e. The van der Waals surface area contributed by atoms with Crippen molar-refractivity contribution < 1.29 is 78.9 Å². The van der Waals surface area contributed by atoms with Crippen molar-refractivity contribution in [1.82, 2.24) is 0 Å². The number of esters is 2. The molecular weight excluding hydrogens is 616 g/mol. The molecule has 16 nitrogen and oxygen atoms in total. The number of phenols is 2. The van der Waals surface area contributed by atoms with Gasteiger partial charge in [0.05, 0.1) is 38.9 Å². The zero-order chi connectivity index (χ0) is 33.4. The van der Waals surface area contributed by atoms with Crippen LogP contribution in [0.4, 0.5) is 0 Å². The molecule has 2 saturated heterocycles. The lowest BCUT2D eigenvalue weighted by atomic mass is 9.71. The molecule has 0 unspecified atom stereocenters. The highest BCUT2D eigenvalue weighted by molar-refractivity contribution is 6.02. The number of fused-ring (bicyclic) bond motifs is 1. The molecule has 0 saturated carbocycles. The Morgan fingerprint density at radius 2 is 1.33 bits per heavy atom. The van der Waals surface area contributed by atoms with E-state index in [1.165, 1.54) is 50.6 Å². The van der Waals surface area contributed by atoms with Gasteiger partial charge in [0, 0.05) is 5.92 Å². The van der Waals surface area contributed by atoms with Gasteiger partial charge in [-0.1, -0.05) is 6.07 Å². The van der Waals surface area contributed by atoms with E-state index >= 15 is 0 Å². The summed E-state index contributed by atoms with van der Waals surface area (Å²) in [6, 6.07) is 6.79. The molecule has 0 aromatic heterocycles. The number of phenolic OH excluding ortho intramolecular Hbond substituents is 2. The van der Waals surface area contributed by atoms with E-state index in [1.54, 1.807) is 0 Å². The fourth-order valence-corrected chi connectivity index (χ4v) is 5.77. The van der Waals surface area contributed by atoms with Crippen LogP contribution in [0.1, 0.15) is 22.6 Å². The average molecular weight is 651 g/mol. The van der Waals surface area contributed by atoms with Crippen LogP contribution >= 0.6 is 0 Å². The molecule has 2 fully saturated rings. The van der Waals surface area contributed by atoms with Crippen molar-refractivity contribution in [2.24, 2.45) is 5.92 Å². The van der Waals surface area contributed by atoms with Crippen molar-refractivity contribution in [3.8, 4) is 23.0 Å². The van der Waals surface area contributed by atoms with Gasteiger partial charge in [-0.3, -0.25) is 4.79 Å². The van der Waals surface area contributed by atoms with Crippen molar-refractivity contribution >= 4 is 18.0 Å². The van der Waals surface area contributed by atoms with E-state index in [9.17, 15) is 50.4 Å². The Kier molecular flexibility index (Phi) is 9.71. The minimum absolute atomic E-state index is 0.00227. The smallest absolute Gasteiger partial charge is 0.337 e. The molecule has 0 radical (unpaired) electrons. The number of aromatic hydroxyl groups is 2. The quantitative estimate of drug-likeness (QED) is 0.140. The molecule has 250 valence electrons. The second-order valence-electron chi connectivity index (χ2n) is 10.9. The fraction of sp³-hybridized carbons (Fsp3) is 0.467. The summed E-state index contributed by atoms with van der Waals surface area (Å²) in [7, 11) is 2.59. The van der Waals surface area contributed by atoms with Crippen LogP contribution in [0.5, 0.6) is 23.0 Å². The van der Waals surface area contributed by atoms with Crippen molar-refractivity contribution in [3.63, 3.8) is 0 Å². The number of carbonyl (C=O) groups excluding carboxylic acids is 2. The molecule has 10 atom stereocenters. The standard InChI is InChI=1S/C30H34O16/c1-41-17-6-11(3-4-15(17)33)21-13-8-16(34)18(42-2)7-12(13)5-14(27(39)45-29-25(37)23(35)19(9-31)43-29)22(21)28(40)46-30-26(38)24(36)20(10-32)44-30/h3-8,19-26,29-38H,9-10H2,1-2H3/t19-,20-,21-,22-,23-,24-,25+,26+,29-,30-/m0/s1. The molecule has 0 spiro atoms. The second-order valence-corrected chi connectivity index (χ2v) is 10.9. The summed E-state index contributed by atoms with van der Waals surface area (Å²) in [5.41, 5.74) is 0.442. The van der Waals surface area contributed by atoms with E-state index in [0.717, 1.165) is 0 Å². The first-order valence-electron chi connectivity index (χ1n) is 14.1. The first kappa shape index (κ1) is 33.4. The summed E-state index contributed by atoms with van der Waals surface area (Å²) in [6.07, 6.45) is -11.5. The van der Waals surface area contributed by atoms with Crippen LogP contribution in [-0.2, 0) is 28.5 Å². The lowest BCUT2D eigenvalue weighted by Crippen LogP contribution is -2.40. The van der Waals surface area contributed by atoms with Crippen LogP contribution in [0.2, 0.25) is 0 Å². The van der Waals surface area contributed by atoms with Gasteiger partial charge in [0.2, 0.25) is 12.6 Å². The summed E-state index contributed by atoms with van der Waals surface area (Å²) in [5.74, 6) is -5.80. The second kappa shape index (κ2) is 13.4. The normalized spacial score (nSPS) is 32.0. The first-order chi connectivity index (χ1) is 21.9. The maximum Gasteiger partial charge on any atom is 0.337 e. The van der Waals surface area contributed by atoms with E-state index in [2.05, 4.69) is 0 Å². The number of aliphatic hydroxyl groups excluding tert-OH is 6. The molecule has 2 heterocycles. The topological polar surface area (TPSA) is 251 Å². The van der Waals surface area contributed by atoms with E-state index in [4.69, 9.17) is 28.4 Å². The predicted molar refractivity (Wildman–Crippen MR) is 150 cm³/mol. The highest BCUT2D eigenvalue weighted by atomic mass is 16.7. The minimum atomic E-state index is -1.77. The van der Waals surface area contributed by atoms with Gasteiger partial charge in [0.15, 0.2) is 23.0 Å². The van der Waals surface area contributed by atoms with Gasteiger partial charge < -0.3 is 69.3 Å². The molecule has 16 heteroatoms. The molecule has 3 aliphatic rings. The SMILES string of the molecule is COc1cc([C@H]2c3cc(O)c(OC)cc3C=C(C(=O)O[C@@H]3O[C@@H](CO)[C@H](O)[C@H]3O)[C@@H]2C(=O)O[C@@H]2O[C@@H](CO)[C@H](O)[C@H]2O)ccc1O. The van der Waals surface area contributed by atoms with Gasteiger partial charge in [-0.25, -0.2) is 4.79 Å². The Labute approximate surface area is 261 Å². The lowest BCUT2D eigenvalue weighted by molar-refractivity contribution is -0.196. The summed E-state index contributed by atoms with van der Waals surface area (Å²) >= 11 is 0. The number of ether oxygens (including phenoxy) is 6. The zero-order valence-electron chi connectivity index (χ0n) is 24.5. The Morgan fingerprint density at radius 3 is 1.87 bits per heavy atom. The molecule has 0 bridgehead atoms. The number of benzene rings is 2. The highest BCUT2D eigenvalue weighted by Gasteiger charge is 2.50. The number of rotatable bonds is 9. The van der Waals surface area contributed by atoms with E-state index < -0.39 is 86.2 Å². The van der Waals surface area contributed by atoms with Gasteiger partial charge in [0.25, 0.3) is 0 Å². The maximum atomic E-state index is 14.1. The number of hydrogen-bond donors (Lipinski definition) is 8. The summed E-state index contributed by atoms with van der Waals surface area (Å²) < 4.78 is 31.9. The van der Waals surface area contributed by atoms with Crippen molar-refractivity contribution in [2.75, 3.05) is 27.4 Å². The molecule has 2 aromatic rings. The molecule has 2 aromatic carbocycles. The van der Waals surface area contributed by atoms with Gasteiger partial charge in [-0.15, -0.1) is 0 Å². The summed E-state index contributed by atoms with van der Waals surface area (Å²) in [6.45, 7) is -1.41. The van der Waals surface area contributed by atoms with Gasteiger partial charge in [0.1, 0.15) is 36.6 Å². The molecule has 1 aliphatic carbocycles. The van der Waals surface area contributed by atoms with Gasteiger partial charge in [-0.2, -0.15) is 0 Å². The minimum Gasteiger partial charge on any atom is -0.504 e. The molecule has 2 aliphatic heterocycles. The molecule has 46 heavy (non-hydrogen) atoms. The number of carbonyl (C=O) groups is 2. The Bertz CT molecular complexity index is 1490. The van der Waals surface area contributed by atoms with Crippen LogP contribution in [0.15, 0.2) is 35.9 Å². The maximum absolute atomic E-state index is 14.1. The molecule has 5 rings (SSSR count). The van der Waals surface area contributed by atoms with Crippen LogP contribution in [0.25, 0.3) is 6.08 Å². The van der Waals surface area contributed by atoms with Crippen molar-refractivity contribution in [3.05, 3.63) is 52.6 Å². The summed E-state index contributed by atoms with van der Waals surface area (Å²) in [4.78, 5) is 27.9. The van der Waals surface area contributed by atoms with Crippen molar-refractivity contribution in [2.45, 2.75) is 55.1 Å². The monoisotopic (exact) mass is 650 g/mol. The lowest BCUT2D eigenvalue weighted by Gasteiger charge is -2.34. The van der Waals surface area contributed by atoms with Gasteiger partial charge >= 0.3 is 11.9 Å². The van der Waals surface area contributed by atoms with Crippen LogP contribution in [-0.4, -0.2) is 129 Å². The number of methoxy groups -OCH3 is 2. The van der Waals surface area contributed by atoms with E-state index in [-0.39, 0.29) is 45.3 Å². The Morgan fingerprint density at radius 1 is 0.761 bits per heavy atom. The number of hydrogen-bond acceptors (Lipinski definition) is 16. The first-order valence-corrected chi connectivity index (χ1v) is 14.1.